The van der Waals surface area contributed by atoms with Gasteiger partial charge in [-0.1, -0.05) is 57.2 Å². The molecule has 2 N–H and O–H groups in total. The summed E-state index contributed by atoms with van der Waals surface area (Å²) in [5.41, 5.74) is 2.72. The standard InChI is InChI=1S/C13H19NO/c1-13(2,3)12-8-6-11(7-9-12)5-4-10-15-14/h4-9H,10,14H2,1-3H3/b5-4+. The van der Waals surface area contributed by atoms with Crippen molar-refractivity contribution in [3.63, 3.8) is 0 Å². The summed E-state index contributed by atoms with van der Waals surface area (Å²) in [5.74, 6) is 4.92. The van der Waals surface area contributed by atoms with Crippen molar-refractivity contribution in [2.75, 3.05) is 6.61 Å². The molecule has 15 heavy (non-hydrogen) atoms. The largest absolute Gasteiger partial charge is 0.300 e. The maximum atomic E-state index is 4.92. The van der Waals surface area contributed by atoms with Gasteiger partial charge in [-0.15, -0.1) is 0 Å². The molecule has 82 valence electrons. The predicted octanol–water partition coefficient (Wildman–Crippen LogP) is 2.89. The van der Waals surface area contributed by atoms with Crippen LogP contribution >= 0.6 is 0 Å². The van der Waals surface area contributed by atoms with Crippen molar-refractivity contribution in [2.45, 2.75) is 26.2 Å². The van der Waals surface area contributed by atoms with E-state index in [9.17, 15) is 0 Å². The van der Waals surface area contributed by atoms with Gasteiger partial charge >= 0.3 is 0 Å². The molecule has 1 rings (SSSR count). The molecule has 2 nitrogen and oxygen atoms in total. The average Bonchev–Trinajstić information content (AvgIpc) is 2.18. The number of hydrogen-bond donors (Lipinski definition) is 1. The molecule has 1 aromatic carbocycles. The van der Waals surface area contributed by atoms with E-state index in [1.165, 1.54) is 11.1 Å². The van der Waals surface area contributed by atoms with Crippen LogP contribution < -0.4 is 5.90 Å². The second-order valence-electron chi connectivity index (χ2n) is 4.61. The smallest absolute Gasteiger partial charge is 0.0864 e. The van der Waals surface area contributed by atoms with Crippen LogP contribution in [0.25, 0.3) is 6.08 Å². The fourth-order valence-corrected chi connectivity index (χ4v) is 1.33. The van der Waals surface area contributed by atoms with Gasteiger partial charge in [0, 0.05) is 0 Å². The molecule has 0 radical (unpaired) electrons. The van der Waals surface area contributed by atoms with Crippen LogP contribution in [0.3, 0.4) is 0 Å². The second-order valence-corrected chi connectivity index (χ2v) is 4.61. The van der Waals surface area contributed by atoms with Crippen molar-refractivity contribution in [1.29, 1.82) is 0 Å². The average molecular weight is 205 g/mol. The summed E-state index contributed by atoms with van der Waals surface area (Å²) in [6.45, 7) is 7.07. The molecule has 0 atom stereocenters. The predicted molar refractivity (Wildman–Crippen MR) is 64.3 cm³/mol. The first-order valence-electron chi connectivity index (χ1n) is 5.13. The zero-order valence-corrected chi connectivity index (χ0v) is 9.66. The first-order chi connectivity index (χ1) is 7.04. The lowest BCUT2D eigenvalue weighted by atomic mass is 9.87. The van der Waals surface area contributed by atoms with Crippen LogP contribution in [0.15, 0.2) is 30.3 Å². The summed E-state index contributed by atoms with van der Waals surface area (Å²) in [6.07, 6.45) is 3.89. The highest BCUT2D eigenvalue weighted by atomic mass is 16.6. The van der Waals surface area contributed by atoms with Gasteiger partial charge in [-0.25, -0.2) is 5.90 Å². The highest BCUT2D eigenvalue weighted by molar-refractivity contribution is 5.50. The molecule has 1 aromatic rings. The molecule has 0 bridgehead atoms. The normalized spacial score (nSPS) is 12.3. The Morgan fingerprint density at radius 1 is 1.20 bits per heavy atom. The minimum Gasteiger partial charge on any atom is -0.300 e. The van der Waals surface area contributed by atoms with E-state index in [4.69, 9.17) is 5.90 Å². The fraction of sp³-hybridized carbons (Fsp3) is 0.385. The summed E-state index contributed by atoms with van der Waals surface area (Å²) in [5, 5.41) is 0. The molecule has 0 aliphatic heterocycles. The Labute approximate surface area is 91.7 Å². The Bertz CT molecular complexity index is 319. The molecule has 0 aliphatic rings. The minimum absolute atomic E-state index is 0.211. The molecule has 0 aliphatic carbocycles. The van der Waals surface area contributed by atoms with Gasteiger partial charge in [-0.3, -0.25) is 0 Å². The van der Waals surface area contributed by atoms with E-state index in [-0.39, 0.29) is 5.41 Å². The van der Waals surface area contributed by atoms with E-state index >= 15 is 0 Å². The van der Waals surface area contributed by atoms with Crippen LogP contribution in [0.5, 0.6) is 0 Å². The van der Waals surface area contributed by atoms with E-state index in [1.54, 1.807) is 0 Å². The Morgan fingerprint density at radius 3 is 2.27 bits per heavy atom. The topological polar surface area (TPSA) is 35.2 Å². The van der Waals surface area contributed by atoms with Gasteiger partial charge in [0.05, 0.1) is 6.61 Å². The maximum Gasteiger partial charge on any atom is 0.0864 e. The van der Waals surface area contributed by atoms with Crippen LogP contribution in [0.4, 0.5) is 0 Å². The van der Waals surface area contributed by atoms with Gasteiger partial charge in [0.15, 0.2) is 0 Å². The number of benzene rings is 1. The summed E-state index contributed by atoms with van der Waals surface area (Å²) in [4.78, 5) is 4.45. The monoisotopic (exact) mass is 205 g/mol. The SMILES string of the molecule is CC(C)(C)c1ccc(/C=C/CON)cc1. The molecule has 0 amide bonds. The Kier molecular flexibility index (Phi) is 4.06. The molecular weight excluding hydrogens is 186 g/mol. The molecule has 0 fully saturated rings. The van der Waals surface area contributed by atoms with E-state index in [0.29, 0.717) is 6.61 Å². The van der Waals surface area contributed by atoms with E-state index < -0.39 is 0 Å². The number of hydrogen-bond acceptors (Lipinski definition) is 2. The highest BCUT2D eigenvalue weighted by Gasteiger charge is 2.12. The van der Waals surface area contributed by atoms with Crippen LogP contribution in [-0.4, -0.2) is 6.61 Å². The molecule has 0 spiro atoms. The first-order valence-corrected chi connectivity index (χ1v) is 5.13. The van der Waals surface area contributed by atoms with Crippen molar-refractivity contribution in [2.24, 2.45) is 5.90 Å². The maximum absolute atomic E-state index is 4.92. The molecule has 0 saturated heterocycles. The third-order valence-corrected chi connectivity index (χ3v) is 2.28. The van der Waals surface area contributed by atoms with Crippen molar-refractivity contribution >= 4 is 6.08 Å². The summed E-state index contributed by atoms with van der Waals surface area (Å²) in [6, 6.07) is 8.52. The molecule has 0 aromatic heterocycles. The highest BCUT2D eigenvalue weighted by Crippen LogP contribution is 2.22. The Hall–Kier alpha value is -1.12. The van der Waals surface area contributed by atoms with Crippen LogP contribution in [0.2, 0.25) is 0 Å². The number of nitrogens with two attached hydrogens (primary N) is 1. The van der Waals surface area contributed by atoms with Crippen molar-refractivity contribution in [3.05, 3.63) is 41.5 Å². The van der Waals surface area contributed by atoms with Crippen LogP contribution in [0.1, 0.15) is 31.9 Å². The zero-order chi connectivity index (χ0) is 11.3. The summed E-state index contributed by atoms with van der Waals surface area (Å²) < 4.78 is 0. The molecule has 2 heteroatoms. The molecular formula is C13H19NO. The van der Waals surface area contributed by atoms with E-state index in [1.807, 2.05) is 12.2 Å². The van der Waals surface area contributed by atoms with E-state index in [2.05, 4.69) is 49.9 Å². The third-order valence-electron chi connectivity index (χ3n) is 2.28. The Balaban J connectivity index is 2.73. The van der Waals surface area contributed by atoms with Crippen molar-refractivity contribution in [1.82, 2.24) is 0 Å². The molecule has 0 saturated carbocycles. The van der Waals surface area contributed by atoms with Crippen molar-refractivity contribution in [3.8, 4) is 0 Å². The van der Waals surface area contributed by atoms with Crippen LogP contribution in [-0.2, 0) is 10.3 Å². The number of rotatable bonds is 3. The fourth-order valence-electron chi connectivity index (χ4n) is 1.33. The summed E-state index contributed by atoms with van der Waals surface area (Å²) in [7, 11) is 0. The van der Waals surface area contributed by atoms with Gasteiger partial charge in [0.2, 0.25) is 0 Å². The lowest BCUT2D eigenvalue weighted by Crippen LogP contribution is -2.10. The Morgan fingerprint density at radius 2 is 1.80 bits per heavy atom. The van der Waals surface area contributed by atoms with Crippen LogP contribution in [0, 0.1) is 0 Å². The van der Waals surface area contributed by atoms with Gasteiger partial charge < -0.3 is 4.84 Å². The minimum atomic E-state index is 0.211. The van der Waals surface area contributed by atoms with E-state index in [0.717, 1.165) is 0 Å². The third kappa shape index (κ3) is 3.86. The first kappa shape index (κ1) is 12.0. The second kappa shape index (κ2) is 5.10. The molecule has 0 unspecified atom stereocenters. The van der Waals surface area contributed by atoms with Crippen molar-refractivity contribution < 1.29 is 4.84 Å². The quantitative estimate of drug-likeness (QED) is 0.770. The van der Waals surface area contributed by atoms with Gasteiger partial charge in [0.25, 0.3) is 0 Å². The van der Waals surface area contributed by atoms with Gasteiger partial charge in [-0.05, 0) is 16.5 Å². The summed E-state index contributed by atoms with van der Waals surface area (Å²) >= 11 is 0. The lowest BCUT2D eigenvalue weighted by molar-refractivity contribution is 0.168. The van der Waals surface area contributed by atoms with Gasteiger partial charge in [-0.2, -0.15) is 0 Å². The van der Waals surface area contributed by atoms with Gasteiger partial charge in [0.1, 0.15) is 0 Å². The lowest BCUT2D eigenvalue weighted by Gasteiger charge is -2.18. The zero-order valence-electron chi connectivity index (χ0n) is 9.66. The molecule has 0 heterocycles.